The number of hydrogen-bond acceptors (Lipinski definition) is 4. The molecule has 2 N–H and O–H groups in total. The minimum Gasteiger partial charge on any atom is -0.493 e. The number of aliphatic carboxylic acids is 1. The molecule has 0 unspecified atom stereocenters. The molecule has 1 aromatic rings. The van der Waals surface area contributed by atoms with Gasteiger partial charge >= 0.3 is 12.0 Å². The Labute approximate surface area is 128 Å². The Morgan fingerprint density at radius 1 is 1.23 bits per heavy atom. The largest absolute Gasteiger partial charge is 0.493 e. The van der Waals surface area contributed by atoms with Crippen LogP contribution >= 0.6 is 0 Å². The van der Waals surface area contributed by atoms with E-state index in [1.165, 1.54) is 0 Å². The molecular weight excluding hydrogens is 288 g/mol. The molecule has 0 saturated carbocycles. The first-order valence-corrected chi connectivity index (χ1v) is 7.03. The van der Waals surface area contributed by atoms with Gasteiger partial charge in [-0.15, -0.1) is 0 Å². The Balaban J connectivity index is 2.04. The molecule has 1 aliphatic rings. The fourth-order valence-corrected chi connectivity index (χ4v) is 2.44. The molecule has 0 atom stereocenters. The number of carboxylic acid groups (broad SMARTS) is 1. The van der Waals surface area contributed by atoms with Crippen molar-refractivity contribution in [2.75, 3.05) is 27.3 Å². The Morgan fingerprint density at radius 2 is 1.86 bits per heavy atom. The lowest BCUT2D eigenvalue weighted by Crippen LogP contribution is -2.43. The third-order valence-corrected chi connectivity index (χ3v) is 3.62. The number of nitrogens with one attached hydrogen (secondary N) is 1. The van der Waals surface area contributed by atoms with E-state index in [0.717, 1.165) is 17.5 Å². The molecule has 7 heteroatoms. The molecule has 1 aliphatic heterocycles. The molecule has 1 aromatic carbocycles. The summed E-state index contributed by atoms with van der Waals surface area (Å²) in [5.41, 5.74) is 2.14. The fraction of sp³-hybridized carbons (Fsp3) is 0.467. The molecule has 7 nitrogen and oxygen atoms in total. The summed E-state index contributed by atoms with van der Waals surface area (Å²) in [6, 6.07) is 3.57. The van der Waals surface area contributed by atoms with Gasteiger partial charge < -0.3 is 24.8 Å². The van der Waals surface area contributed by atoms with Crippen LogP contribution in [0.15, 0.2) is 12.1 Å². The number of methoxy groups -OCH3 is 2. The van der Waals surface area contributed by atoms with E-state index in [1.807, 2.05) is 12.1 Å². The van der Waals surface area contributed by atoms with Gasteiger partial charge in [0, 0.05) is 19.6 Å². The SMILES string of the molecule is COc1cc2c(cc1OC)CN(C(=O)NCCC(=O)O)CC2. The summed E-state index contributed by atoms with van der Waals surface area (Å²) in [5.74, 6) is 0.385. The normalized spacial score (nSPS) is 13.3. The van der Waals surface area contributed by atoms with Gasteiger partial charge in [-0.25, -0.2) is 4.79 Å². The Kier molecular flexibility index (Phi) is 5.08. The summed E-state index contributed by atoms with van der Waals surface area (Å²) in [6.45, 7) is 1.18. The van der Waals surface area contributed by atoms with Gasteiger partial charge in [0.05, 0.1) is 20.6 Å². The number of ether oxygens (including phenoxy) is 2. The van der Waals surface area contributed by atoms with Crippen LogP contribution in [0.1, 0.15) is 17.5 Å². The third kappa shape index (κ3) is 3.60. The lowest BCUT2D eigenvalue weighted by molar-refractivity contribution is -0.136. The number of carbonyl (C=O) groups excluding carboxylic acids is 1. The maximum absolute atomic E-state index is 12.0. The van der Waals surface area contributed by atoms with Crippen LogP contribution < -0.4 is 14.8 Å². The molecule has 120 valence electrons. The fourth-order valence-electron chi connectivity index (χ4n) is 2.44. The number of carbonyl (C=O) groups is 2. The molecule has 0 aliphatic carbocycles. The monoisotopic (exact) mass is 308 g/mol. The van der Waals surface area contributed by atoms with Gasteiger partial charge in [0.2, 0.25) is 0 Å². The summed E-state index contributed by atoms with van der Waals surface area (Å²) in [4.78, 5) is 24.2. The number of rotatable bonds is 5. The maximum atomic E-state index is 12.0. The summed E-state index contributed by atoms with van der Waals surface area (Å²) in [5, 5.41) is 11.2. The predicted octanol–water partition coefficient (Wildman–Crippen LogP) is 1.25. The summed E-state index contributed by atoms with van der Waals surface area (Å²) >= 11 is 0. The Morgan fingerprint density at radius 3 is 2.45 bits per heavy atom. The average Bonchev–Trinajstić information content (AvgIpc) is 2.52. The molecule has 1 heterocycles. The van der Waals surface area contributed by atoms with Gasteiger partial charge in [-0.05, 0) is 29.7 Å². The Hall–Kier alpha value is -2.44. The van der Waals surface area contributed by atoms with E-state index in [4.69, 9.17) is 14.6 Å². The molecular formula is C15H20N2O5. The van der Waals surface area contributed by atoms with E-state index in [9.17, 15) is 9.59 Å². The highest BCUT2D eigenvalue weighted by Gasteiger charge is 2.22. The number of fused-ring (bicyclic) bond motifs is 1. The second kappa shape index (κ2) is 7.02. The standard InChI is InChI=1S/C15H20N2O5/c1-21-12-7-10-4-6-17(9-11(10)8-13(12)22-2)15(20)16-5-3-14(18)19/h7-8H,3-6,9H2,1-2H3,(H,16,20)(H,18,19). The van der Waals surface area contributed by atoms with Crippen molar-refractivity contribution in [3.8, 4) is 11.5 Å². The number of urea groups is 1. The summed E-state index contributed by atoms with van der Waals surface area (Å²) < 4.78 is 10.6. The van der Waals surface area contributed by atoms with Gasteiger partial charge in [0.1, 0.15) is 0 Å². The van der Waals surface area contributed by atoms with Crippen LogP contribution in [0.25, 0.3) is 0 Å². The van der Waals surface area contributed by atoms with Crippen LogP contribution in [0.5, 0.6) is 11.5 Å². The molecule has 22 heavy (non-hydrogen) atoms. The molecule has 0 aromatic heterocycles. The van der Waals surface area contributed by atoms with Gasteiger partial charge in [-0.2, -0.15) is 0 Å². The van der Waals surface area contributed by atoms with Crippen molar-refractivity contribution < 1.29 is 24.2 Å². The molecule has 0 fully saturated rings. The van der Waals surface area contributed by atoms with Gasteiger partial charge in [-0.1, -0.05) is 0 Å². The van der Waals surface area contributed by atoms with Crippen molar-refractivity contribution in [3.05, 3.63) is 23.3 Å². The van der Waals surface area contributed by atoms with Crippen LogP contribution in [0.4, 0.5) is 4.79 Å². The molecule has 0 spiro atoms. The van der Waals surface area contributed by atoms with Crippen LogP contribution in [0, 0.1) is 0 Å². The van der Waals surface area contributed by atoms with Crippen LogP contribution in [-0.2, 0) is 17.8 Å². The summed E-state index contributed by atoms with van der Waals surface area (Å²) in [7, 11) is 3.17. The van der Waals surface area contributed by atoms with Crippen molar-refractivity contribution in [3.63, 3.8) is 0 Å². The quantitative estimate of drug-likeness (QED) is 0.854. The number of benzene rings is 1. The van der Waals surface area contributed by atoms with Crippen molar-refractivity contribution in [1.29, 1.82) is 0 Å². The van der Waals surface area contributed by atoms with Crippen LogP contribution in [0.2, 0.25) is 0 Å². The summed E-state index contributed by atoms with van der Waals surface area (Å²) in [6.07, 6.45) is 0.642. The molecule has 2 rings (SSSR count). The van der Waals surface area contributed by atoms with E-state index >= 15 is 0 Å². The van der Waals surface area contributed by atoms with Gasteiger partial charge in [0.25, 0.3) is 0 Å². The van der Waals surface area contributed by atoms with E-state index in [-0.39, 0.29) is 19.0 Å². The van der Waals surface area contributed by atoms with Gasteiger partial charge in [0.15, 0.2) is 11.5 Å². The zero-order valence-electron chi connectivity index (χ0n) is 12.7. The van der Waals surface area contributed by atoms with E-state index in [1.54, 1.807) is 19.1 Å². The number of amides is 2. The second-order valence-electron chi connectivity index (χ2n) is 5.02. The van der Waals surface area contributed by atoms with E-state index < -0.39 is 5.97 Å². The molecule has 0 bridgehead atoms. The zero-order chi connectivity index (χ0) is 16.1. The second-order valence-corrected chi connectivity index (χ2v) is 5.02. The highest BCUT2D eigenvalue weighted by molar-refractivity contribution is 5.75. The zero-order valence-corrected chi connectivity index (χ0v) is 12.7. The third-order valence-electron chi connectivity index (χ3n) is 3.62. The van der Waals surface area contributed by atoms with E-state index in [2.05, 4.69) is 5.32 Å². The first-order valence-electron chi connectivity index (χ1n) is 7.03. The minimum absolute atomic E-state index is 0.0822. The number of hydrogen-bond donors (Lipinski definition) is 2. The molecule has 2 amide bonds. The molecule has 0 saturated heterocycles. The van der Waals surface area contributed by atoms with E-state index in [0.29, 0.717) is 24.6 Å². The smallest absolute Gasteiger partial charge is 0.317 e. The average molecular weight is 308 g/mol. The molecule has 0 radical (unpaired) electrons. The number of nitrogens with zero attached hydrogens (tertiary/aromatic N) is 1. The minimum atomic E-state index is -0.930. The lowest BCUT2D eigenvalue weighted by atomic mass is 9.99. The maximum Gasteiger partial charge on any atom is 0.317 e. The van der Waals surface area contributed by atoms with Crippen molar-refractivity contribution in [1.82, 2.24) is 10.2 Å². The predicted molar refractivity (Wildman–Crippen MR) is 79.3 cm³/mol. The van der Waals surface area contributed by atoms with Crippen molar-refractivity contribution >= 4 is 12.0 Å². The highest BCUT2D eigenvalue weighted by Crippen LogP contribution is 2.33. The topological polar surface area (TPSA) is 88.1 Å². The van der Waals surface area contributed by atoms with Crippen molar-refractivity contribution in [2.45, 2.75) is 19.4 Å². The van der Waals surface area contributed by atoms with Crippen molar-refractivity contribution in [2.24, 2.45) is 0 Å². The first-order chi connectivity index (χ1) is 10.5. The first kappa shape index (κ1) is 15.9. The van der Waals surface area contributed by atoms with Crippen LogP contribution in [0.3, 0.4) is 0 Å². The van der Waals surface area contributed by atoms with Crippen LogP contribution in [-0.4, -0.2) is 49.3 Å². The van der Waals surface area contributed by atoms with Gasteiger partial charge in [-0.3, -0.25) is 4.79 Å². The lowest BCUT2D eigenvalue weighted by Gasteiger charge is -2.29. The highest BCUT2D eigenvalue weighted by atomic mass is 16.5. The Bertz CT molecular complexity index is 573. The number of carboxylic acids is 1.